The van der Waals surface area contributed by atoms with Crippen LogP contribution in [-0.4, -0.2) is 82.8 Å². The molecule has 4 unspecified atom stereocenters. The van der Waals surface area contributed by atoms with Crippen molar-refractivity contribution in [2.75, 3.05) is 50.5 Å². The van der Waals surface area contributed by atoms with E-state index in [9.17, 15) is 9.65 Å². The number of anilines is 2. The summed E-state index contributed by atoms with van der Waals surface area (Å²) >= 11 is 8.10. The summed E-state index contributed by atoms with van der Waals surface area (Å²) in [5.74, 6) is 0.687. The van der Waals surface area contributed by atoms with Crippen LogP contribution in [0, 0.1) is 29.1 Å². The van der Waals surface area contributed by atoms with Crippen LogP contribution >= 0.6 is 22.9 Å². The number of hydrogen-bond acceptors (Lipinski definition) is 10. The van der Waals surface area contributed by atoms with Crippen LogP contribution in [0.4, 0.5) is 19.7 Å². The van der Waals surface area contributed by atoms with Gasteiger partial charge in [-0.1, -0.05) is 35.1 Å². The van der Waals surface area contributed by atoms with Crippen LogP contribution < -0.4 is 15.4 Å². The molecule has 3 aliphatic heterocycles. The lowest BCUT2D eigenvalue weighted by molar-refractivity contribution is 0.178. The average Bonchev–Trinajstić information content (AvgIpc) is 3.79. The molecule has 0 spiro atoms. The highest BCUT2D eigenvalue weighted by molar-refractivity contribution is 7.22. The molecule has 46 heavy (non-hydrogen) atoms. The zero-order valence-electron chi connectivity index (χ0n) is 25.9. The second-order valence-electron chi connectivity index (χ2n) is 12.7. The molecule has 1 aliphatic carbocycles. The van der Waals surface area contributed by atoms with Gasteiger partial charge in [-0.25, -0.2) is 13.8 Å². The van der Waals surface area contributed by atoms with Crippen molar-refractivity contribution in [2.24, 2.45) is 11.8 Å². The number of nitrogens with zero attached hydrogens (tertiary/aromatic N) is 7. The smallest absolute Gasteiger partial charge is 0.318 e. The molecule has 8 rings (SSSR count). The standard InChI is InChI=1S/C26H25ClFN7OS.C7H12FN/c1-3-34(12-29)23-13-7-8-14(23)11-35(10-13)24-16-9-17(27)19(20(28)22(16)32-26(33-24)36-2)15-5-4-6-18-21(15)31-25(30)37-18;8-6-4-7-2-1-3-9(7)5-6/h4-6,9,13-14,23H,3,7-8,10-11H2,1-2H3,(H2,30,31);6-7H,1-5H2. The Hall–Kier alpha value is -3.53. The van der Waals surface area contributed by atoms with E-state index in [1.807, 2.05) is 24.0 Å². The SMILES string of the molecule is CCN(C#N)C1C2CCC1CN(c1nc(OC)nc3c(F)c(-c4cccc5sc(N)nc45)c(Cl)cc13)C2.FC1CC2CCCN2C1. The number of rotatable bonds is 5. The molecule has 13 heteroatoms. The Bertz CT molecular complexity index is 1790. The maximum absolute atomic E-state index is 16.3. The summed E-state index contributed by atoms with van der Waals surface area (Å²) in [5.41, 5.74) is 7.46. The van der Waals surface area contributed by atoms with Gasteiger partial charge in [0.25, 0.3) is 0 Å². The summed E-state index contributed by atoms with van der Waals surface area (Å²) in [7, 11) is 1.47. The number of hydrogen-bond donors (Lipinski definition) is 1. The summed E-state index contributed by atoms with van der Waals surface area (Å²) in [6.45, 7) is 6.00. The molecular formula is C33H37ClF2N8OS. The van der Waals surface area contributed by atoms with Crippen molar-refractivity contribution in [1.29, 1.82) is 5.26 Å². The van der Waals surface area contributed by atoms with Crippen LogP contribution in [0.2, 0.25) is 5.02 Å². The monoisotopic (exact) mass is 666 g/mol. The zero-order chi connectivity index (χ0) is 32.1. The van der Waals surface area contributed by atoms with Gasteiger partial charge in [0.2, 0.25) is 0 Å². The van der Waals surface area contributed by atoms with Crippen molar-refractivity contribution in [3.8, 4) is 23.3 Å². The van der Waals surface area contributed by atoms with Gasteiger partial charge < -0.3 is 20.3 Å². The lowest BCUT2D eigenvalue weighted by Gasteiger charge is -2.42. The highest BCUT2D eigenvalue weighted by Gasteiger charge is 2.45. The van der Waals surface area contributed by atoms with Crippen molar-refractivity contribution < 1.29 is 13.5 Å². The Morgan fingerprint density at radius 1 is 1.15 bits per heavy atom. The van der Waals surface area contributed by atoms with E-state index in [-0.39, 0.29) is 28.2 Å². The third-order valence-electron chi connectivity index (χ3n) is 10.1. The lowest BCUT2D eigenvalue weighted by Crippen LogP contribution is -2.51. The lowest BCUT2D eigenvalue weighted by atomic mass is 9.90. The predicted molar refractivity (Wildman–Crippen MR) is 178 cm³/mol. The number of alkyl halides is 1. The van der Waals surface area contributed by atoms with Gasteiger partial charge in [0, 0.05) is 54.8 Å². The number of halogens is 3. The first-order valence-corrected chi connectivity index (χ1v) is 17.2. The van der Waals surface area contributed by atoms with Gasteiger partial charge in [-0.05, 0) is 69.5 Å². The molecule has 2 bridgehead atoms. The van der Waals surface area contributed by atoms with Crippen LogP contribution in [-0.2, 0) is 0 Å². The third kappa shape index (κ3) is 5.46. The number of ether oxygens (including phenoxy) is 1. The minimum Gasteiger partial charge on any atom is -0.467 e. The number of nitrogens with two attached hydrogens (primary N) is 1. The van der Waals surface area contributed by atoms with E-state index < -0.39 is 12.0 Å². The molecule has 5 heterocycles. The molecule has 1 saturated carbocycles. The first-order chi connectivity index (χ1) is 22.3. The fourth-order valence-electron chi connectivity index (χ4n) is 8.16. The Balaban J connectivity index is 0.000000321. The van der Waals surface area contributed by atoms with E-state index in [4.69, 9.17) is 22.1 Å². The van der Waals surface area contributed by atoms with Gasteiger partial charge in [0.15, 0.2) is 17.1 Å². The number of benzene rings is 2. The number of thiazole rings is 1. The number of aromatic nitrogens is 3. The molecule has 242 valence electrons. The maximum Gasteiger partial charge on any atom is 0.318 e. The van der Waals surface area contributed by atoms with Crippen molar-refractivity contribution in [1.82, 2.24) is 24.8 Å². The first kappa shape index (κ1) is 31.1. The van der Waals surface area contributed by atoms with Crippen LogP contribution in [0.3, 0.4) is 0 Å². The predicted octanol–water partition coefficient (Wildman–Crippen LogP) is 6.50. The molecule has 0 radical (unpaired) electrons. The van der Waals surface area contributed by atoms with Crippen molar-refractivity contribution >= 4 is 55.0 Å². The number of nitriles is 1. The molecular weight excluding hydrogens is 630 g/mol. The summed E-state index contributed by atoms with van der Waals surface area (Å²) in [6.07, 6.45) is 7.27. The molecule has 2 aromatic heterocycles. The second-order valence-corrected chi connectivity index (χ2v) is 14.2. The number of piperidine rings is 1. The Morgan fingerprint density at radius 3 is 2.63 bits per heavy atom. The zero-order valence-corrected chi connectivity index (χ0v) is 27.5. The minimum absolute atomic E-state index is 0.0902. The number of fused-ring (bicyclic) bond motifs is 5. The van der Waals surface area contributed by atoms with Gasteiger partial charge in [-0.3, -0.25) is 4.90 Å². The maximum atomic E-state index is 16.3. The Kier molecular flexibility index (Phi) is 8.50. The molecule has 0 amide bonds. The quantitative estimate of drug-likeness (QED) is 0.189. The normalized spacial score (nSPS) is 25.4. The molecule has 2 N–H and O–H groups in total. The van der Waals surface area contributed by atoms with Gasteiger partial charge in [0.05, 0.1) is 22.3 Å². The molecule has 2 aromatic carbocycles. The fraction of sp³-hybridized carbons (Fsp3) is 0.515. The highest BCUT2D eigenvalue weighted by atomic mass is 35.5. The number of nitrogen functional groups attached to an aromatic ring is 1. The Morgan fingerprint density at radius 2 is 1.93 bits per heavy atom. The Labute approximate surface area is 275 Å². The summed E-state index contributed by atoms with van der Waals surface area (Å²) in [4.78, 5) is 19.8. The van der Waals surface area contributed by atoms with Gasteiger partial charge in [-0.2, -0.15) is 15.2 Å². The second kappa shape index (κ2) is 12.6. The van der Waals surface area contributed by atoms with E-state index in [1.165, 1.54) is 31.3 Å². The van der Waals surface area contributed by atoms with E-state index in [1.54, 1.807) is 12.1 Å². The third-order valence-corrected chi connectivity index (χ3v) is 11.2. The minimum atomic E-state index is -0.553. The highest BCUT2D eigenvalue weighted by Crippen LogP contribution is 2.45. The molecule has 4 aliphatic rings. The topological polar surface area (TPSA) is 107 Å². The van der Waals surface area contributed by atoms with Crippen LogP contribution in [0.1, 0.15) is 39.0 Å². The van der Waals surface area contributed by atoms with Gasteiger partial charge in [-0.15, -0.1) is 0 Å². The van der Waals surface area contributed by atoms with Gasteiger partial charge in [0.1, 0.15) is 17.5 Å². The molecule has 4 fully saturated rings. The fourth-order valence-corrected chi connectivity index (χ4v) is 9.21. The molecule has 4 atom stereocenters. The van der Waals surface area contributed by atoms with Crippen LogP contribution in [0.25, 0.3) is 32.2 Å². The summed E-state index contributed by atoms with van der Waals surface area (Å²) in [6, 6.07) is 8.18. The number of methoxy groups -OCH3 is 1. The van der Waals surface area contributed by atoms with E-state index in [0.717, 1.165) is 30.5 Å². The summed E-state index contributed by atoms with van der Waals surface area (Å²) < 4.78 is 35.1. The molecule has 4 aromatic rings. The average molecular weight is 667 g/mol. The van der Waals surface area contributed by atoms with Crippen LogP contribution in [0.15, 0.2) is 24.3 Å². The van der Waals surface area contributed by atoms with Gasteiger partial charge >= 0.3 is 6.01 Å². The summed E-state index contributed by atoms with van der Waals surface area (Å²) in [5, 5.41) is 10.8. The van der Waals surface area contributed by atoms with Crippen LogP contribution in [0.5, 0.6) is 6.01 Å². The van der Waals surface area contributed by atoms with E-state index >= 15 is 4.39 Å². The van der Waals surface area contributed by atoms with Crippen molar-refractivity contribution in [3.05, 3.63) is 35.1 Å². The van der Waals surface area contributed by atoms with E-state index in [0.29, 0.717) is 71.5 Å². The largest absolute Gasteiger partial charge is 0.467 e. The van der Waals surface area contributed by atoms with E-state index in [2.05, 4.69) is 30.9 Å². The molecule has 3 saturated heterocycles. The van der Waals surface area contributed by atoms with Crippen molar-refractivity contribution in [2.45, 2.75) is 57.3 Å². The first-order valence-electron chi connectivity index (χ1n) is 16.0. The number of para-hydroxylation sites is 1. The van der Waals surface area contributed by atoms with Crippen molar-refractivity contribution in [3.63, 3.8) is 0 Å². The molecule has 9 nitrogen and oxygen atoms in total.